The highest BCUT2D eigenvalue weighted by Gasteiger charge is 2.43. The van der Waals surface area contributed by atoms with E-state index in [4.69, 9.17) is 21.1 Å². The number of fused-ring (bicyclic) bond motifs is 1. The van der Waals surface area contributed by atoms with Crippen molar-refractivity contribution in [2.75, 3.05) is 38.7 Å². The highest BCUT2D eigenvalue weighted by Crippen LogP contribution is 2.41. The van der Waals surface area contributed by atoms with Crippen LogP contribution >= 0.6 is 11.6 Å². The highest BCUT2D eigenvalue weighted by atomic mass is 35.5. The topological polar surface area (TPSA) is 162 Å². The average Bonchev–Trinajstić information content (AvgIpc) is 3.19. The standard InChI is InChI=1S/C42H51ClN4O7/c1-53-37-23-34(33(43)22-29(37)24-45-25-36(49)31-11-13-35(48)40-32(31)12-14-39(51)47-40)46-38(50)10-6-8-27-7-5-9-30(21-27)42(17-3-2-4-18-42)41(52)54-26-28-15-19-44-20-16-28/h5,7,9,11-14,21-23,28,36,44-45,48-49H,2-4,6,8,10,15-20,24-26H2,1H3,(H,46,50)(H,47,51)/t36-/m1/s1. The lowest BCUT2D eigenvalue weighted by atomic mass is 9.69. The lowest BCUT2D eigenvalue weighted by Crippen LogP contribution is -2.41. The third-order valence-electron chi connectivity index (χ3n) is 10.9. The number of aliphatic hydroxyl groups excluding tert-OH is 1. The number of nitrogens with one attached hydrogen (secondary N) is 4. The molecule has 2 fully saturated rings. The Morgan fingerprint density at radius 3 is 2.61 bits per heavy atom. The number of aliphatic hydroxyl groups is 1. The fourth-order valence-electron chi connectivity index (χ4n) is 7.86. The zero-order valence-corrected chi connectivity index (χ0v) is 31.6. The number of piperidine rings is 1. The van der Waals surface area contributed by atoms with E-state index in [-0.39, 0.29) is 41.7 Å². The summed E-state index contributed by atoms with van der Waals surface area (Å²) in [6, 6.07) is 17.7. The molecule has 0 bridgehead atoms. The number of phenols is 1. The molecule has 6 rings (SSSR count). The van der Waals surface area contributed by atoms with Crippen molar-refractivity contribution in [3.63, 3.8) is 0 Å². The summed E-state index contributed by atoms with van der Waals surface area (Å²) >= 11 is 6.62. The van der Waals surface area contributed by atoms with Crippen molar-refractivity contribution < 1.29 is 29.3 Å². The molecule has 0 unspecified atom stereocenters. The van der Waals surface area contributed by atoms with Gasteiger partial charge in [0, 0.05) is 42.6 Å². The van der Waals surface area contributed by atoms with Gasteiger partial charge in [0.2, 0.25) is 11.5 Å². The molecular weight excluding hydrogens is 708 g/mol. The molecular formula is C42H51ClN4O7. The Kier molecular flexibility index (Phi) is 13.3. The van der Waals surface area contributed by atoms with E-state index < -0.39 is 11.5 Å². The van der Waals surface area contributed by atoms with Gasteiger partial charge < -0.3 is 40.6 Å². The number of aromatic amines is 1. The van der Waals surface area contributed by atoms with E-state index in [0.29, 0.717) is 59.3 Å². The number of pyridine rings is 1. The minimum absolute atomic E-state index is 0.0749. The van der Waals surface area contributed by atoms with Crippen molar-refractivity contribution in [1.29, 1.82) is 0 Å². The van der Waals surface area contributed by atoms with Gasteiger partial charge >= 0.3 is 5.97 Å². The van der Waals surface area contributed by atoms with E-state index in [1.165, 1.54) is 19.2 Å². The van der Waals surface area contributed by atoms with Crippen molar-refractivity contribution in [2.45, 2.75) is 82.3 Å². The van der Waals surface area contributed by atoms with Gasteiger partial charge in [-0.3, -0.25) is 14.4 Å². The van der Waals surface area contributed by atoms with Crippen molar-refractivity contribution in [3.8, 4) is 11.5 Å². The number of H-pyrrole nitrogens is 1. The quantitative estimate of drug-likeness (QED) is 0.0752. The molecule has 2 heterocycles. The first-order valence-electron chi connectivity index (χ1n) is 19.0. The minimum Gasteiger partial charge on any atom is -0.506 e. The normalized spacial score (nSPS) is 16.5. The number of halogens is 1. The Labute approximate surface area is 320 Å². The maximum atomic E-state index is 13.7. The first kappa shape index (κ1) is 39.3. The molecule has 288 valence electrons. The summed E-state index contributed by atoms with van der Waals surface area (Å²) in [7, 11) is 1.54. The maximum absolute atomic E-state index is 13.7. The Hall–Kier alpha value is -4.42. The molecule has 0 spiro atoms. The minimum atomic E-state index is -0.930. The van der Waals surface area contributed by atoms with Gasteiger partial charge in [0.05, 0.1) is 41.5 Å². The lowest BCUT2D eigenvalue weighted by Gasteiger charge is -2.36. The SMILES string of the molecule is COc1cc(NC(=O)CCCc2cccc(C3(C(=O)OCC4CCNCC4)CCCCC3)c2)c(Cl)cc1CNC[C@@H](O)c1ccc(O)c2[nH]c(=O)ccc12. The van der Waals surface area contributed by atoms with E-state index in [9.17, 15) is 24.6 Å². The molecule has 1 saturated heterocycles. The van der Waals surface area contributed by atoms with Crippen molar-refractivity contribution in [2.24, 2.45) is 5.92 Å². The molecule has 1 atom stereocenters. The fraction of sp³-hybridized carbons (Fsp3) is 0.452. The number of hydrogen-bond donors (Lipinski definition) is 6. The molecule has 3 aromatic carbocycles. The van der Waals surface area contributed by atoms with Crippen molar-refractivity contribution in [1.82, 2.24) is 15.6 Å². The molecule has 4 aromatic rings. The van der Waals surface area contributed by atoms with Gasteiger partial charge in [-0.1, -0.05) is 61.2 Å². The van der Waals surface area contributed by atoms with E-state index in [1.54, 1.807) is 24.3 Å². The van der Waals surface area contributed by atoms with Gasteiger partial charge in [0.1, 0.15) is 11.5 Å². The number of carbonyl (C=O) groups excluding carboxylic acids is 2. The second-order valence-electron chi connectivity index (χ2n) is 14.6. The molecule has 2 aliphatic rings. The van der Waals surface area contributed by atoms with E-state index in [1.807, 2.05) is 6.07 Å². The summed E-state index contributed by atoms with van der Waals surface area (Å²) in [5, 5.41) is 31.5. The highest BCUT2D eigenvalue weighted by molar-refractivity contribution is 6.33. The monoisotopic (exact) mass is 758 g/mol. The molecule has 1 amide bonds. The smallest absolute Gasteiger partial charge is 0.316 e. The number of methoxy groups -OCH3 is 1. The number of carbonyl (C=O) groups is 2. The van der Waals surface area contributed by atoms with Crippen LogP contribution in [0.2, 0.25) is 5.02 Å². The van der Waals surface area contributed by atoms with Crippen LogP contribution in [0.5, 0.6) is 11.5 Å². The Bertz CT molecular complexity index is 1990. The molecule has 1 saturated carbocycles. The lowest BCUT2D eigenvalue weighted by molar-refractivity contribution is -0.154. The van der Waals surface area contributed by atoms with Crippen LogP contribution in [0.15, 0.2) is 65.5 Å². The molecule has 54 heavy (non-hydrogen) atoms. The van der Waals surface area contributed by atoms with Crippen LogP contribution in [-0.4, -0.2) is 60.4 Å². The number of rotatable bonds is 15. The number of hydrogen-bond acceptors (Lipinski definition) is 9. The number of aromatic hydroxyl groups is 1. The molecule has 0 radical (unpaired) electrons. The van der Waals surface area contributed by atoms with Crippen LogP contribution < -0.4 is 26.2 Å². The number of benzene rings is 3. The second-order valence-corrected chi connectivity index (χ2v) is 15.0. The zero-order chi connectivity index (χ0) is 38.1. The third kappa shape index (κ3) is 9.44. The number of ether oxygens (including phenoxy) is 2. The Morgan fingerprint density at radius 2 is 1.83 bits per heavy atom. The first-order valence-corrected chi connectivity index (χ1v) is 19.4. The van der Waals surface area contributed by atoms with Gasteiger partial charge in [-0.05, 0) is 92.4 Å². The summed E-state index contributed by atoms with van der Waals surface area (Å²) in [5.41, 5.74) is 3.15. The van der Waals surface area contributed by atoms with Crippen LogP contribution in [0.25, 0.3) is 10.9 Å². The summed E-state index contributed by atoms with van der Waals surface area (Å²) in [5.74, 6) is 0.602. The van der Waals surface area contributed by atoms with Crippen molar-refractivity contribution in [3.05, 3.63) is 98.3 Å². The van der Waals surface area contributed by atoms with Crippen LogP contribution in [0.4, 0.5) is 5.69 Å². The predicted molar refractivity (Wildman–Crippen MR) is 210 cm³/mol. The predicted octanol–water partition coefficient (Wildman–Crippen LogP) is 6.43. The number of amides is 1. The Balaban J connectivity index is 1.02. The Morgan fingerprint density at radius 1 is 1.04 bits per heavy atom. The summed E-state index contributed by atoms with van der Waals surface area (Å²) < 4.78 is 11.6. The molecule has 11 nitrogen and oxygen atoms in total. The maximum Gasteiger partial charge on any atom is 0.316 e. The van der Waals surface area contributed by atoms with Crippen LogP contribution in [0, 0.1) is 5.92 Å². The molecule has 1 aliphatic carbocycles. The summed E-state index contributed by atoms with van der Waals surface area (Å²) in [6.45, 7) is 2.92. The molecule has 1 aromatic heterocycles. The van der Waals surface area contributed by atoms with E-state index in [0.717, 1.165) is 74.7 Å². The van der Waals surface area contributed by atoms with Crippen LogP contribution in [-0.2, 0) is 32.7 Å². The van der Waals surface area contributed by atoms with Gasteiger partial charge in [-0.15, -0.1) is 0 Å². The number of aromatic nitrogens is 1. The molecule has 1 aliphatic heterocycles. The van der Waals surface area contributed by atoms with Crippen molar-refractivity contribution >= 4 is 40.1 Å². The summed E-state index contributed by atoms with van der Waals surface area (Å²) in [6.07, 6.45) is 7.46. The zero-order valence-electron chi connectivity index (χ0n) is 30.8. The molecule has 12 heteroatoms. The second kappa shape index (κ2) is 18.3. The van der Waals surface area contributed by atoms with Gasteiger partial charge in [-0.2, -0.15) is 0 Å². The number of phenolic OH excluding ortho intramolecular Hbond substituents is 1. The third-order valence-corrected chi connectivity index (χ3v) is 11.2. The van der Waals surface area contributed by atoms with Gasteiger partial charge in [0.25, 0.3) is 0 Å². The average molecular weight is 759 g/mol. The van der Waals surface area contributed by atoms with Crippen LogP contribution in [0.3, 0.4) is 0 Å². The number of anilines is 1. The van der Waals surface area contributed by atoms with Gasteiger partial charge in [-0.25, -0.2) is 0 Å². The molecule has 6 N–H and O–H groups in total. The van der Waals surface area contributed by atoms with Gasteiger partial charge in [0.15, 0.2) is 0 Å². The van der Waals surface area contributed by atoms with E-state index in [2.05, 4.69) is 39.1 Å². The van der Waals surface area contributed by atoms with E-state index >= 15 is 0 Å². The van der Waals surface area contributed by atoms with Crippen LogP contribution in [0.1, 0.15) is 86.1 Å². The number of esters is 1. The number of aryl methyl sites for hydroxylation is 1. The largest absolute Gasteiger partial charge is 0.506 e. The summed E-state index contributed by atoms with van der Waals surface area (Å²) in [4.78, 5) is 41.1. The first-order chi connectivity index (χ1) is 26.2. The fourth-order valence-corrected chi connectivity index (χ4v) is 8.09.